The summed E-state index contributed by atoms with van der Waals surface area (Å²) in [5.41, 5.74) is 0. The second-order valence-electron chi connectivity index (χ2n) is 6.39. The van der Waals surface area contributed by atoms with E-state index >= 15 is 0 Å². The summed E-state index contributed by atoms with van der Waals surface area (Å²) in [5, 5.41) is 4.10. The Morgan fingerprint density at radius 1 is 1.48 bits per heavy atom. The number of piperidine rings is 1. The van der Waals surface area contributed by atoms with Gasteiger partial charge in [-0.2, -0.15) is 5.10 Å². The van der Waals surface area contributed by atoms with Crippen molar-refractivity contribution >= 4 is 5.91 Å². The van der Waals surface area contributed by atoms with Gasteiger partial charge in [0.25, 0.3) is 0 Å². The summed E-state index contributed by atoms with van der Waals surface area (Å²) in [6.45, 7) is 6.93. The average molecular weight is 316 g/mol. The topological polar surface area (TPSA) is 64.2 Å². The molecule has 3 unspecified atom stereocenters. The van der Waals surface area contributed by atoms with Gasteiger partial charge in [0.15, 0.2) is 0 Å². The Kier molecular flexibility index (Phi) is 4.50. The van der Waals surface area contributed by atoms with Crippen LogP contribution in [0.2, 0.25) is 0 Å². The predicted molar refractivity (Wildman–Crippen MR) is 85.7 cm³/mol. The Bertz CT molecular complexity index is 649. The van der Waals surface area contributed by atoms with Gasteiger partial charge in [-0.15, -0.1) is 0 Å². The third kappa shape index (κ3) is 3.16. The van der Waals surface area contributed by atoms with Crippen molar-refractivity contribution in [2.24, 2.45) is 5.92 Å². The highest BCUT2D eigenvalue weighted by atomic mass is 16.3. The molecule has 23 heavy (non-hydrogen) atoms. The number of aryl methyl sites for hydroxylation is 1. The minimum Gasteiger partial charge on any atom is -0.464 e. The maximum atomic E-state index is 13.0. The number of aromatic nitrogens is 3. The molecule has 1 aliphatic heterocycles. The van der Waals surface area contributed by atoms with Gasteiger partial charge in [0.2, 0.25) is 5.91 Å². The van der Waals surface area contributed by atoms with Crippen LogP contribution in [0.25, 0.3) is 0 Å². The van der Waals surface area contributed by atoms with Crippen molar-refractivity contribution in [2.45, 2.75) is 52.1 Å². The summed E-state index contributed by atoms with van der Waals surface area (Å²) in [5.74, 6) is 2.52. The maximum Gasteiger partial charge on any atom is 0.247 e. The van der Waals surface area contributed by atoms with E-state index in [1.807, 2.05) is 24.0 Å². The van der Waals surface area contributed by atoms with Crippen molar-refractivity contribution < 1.29 is 9.21 Å². The number of carbonyl (C=O) groups excluding carboxylic acids is 1. The smallest absolute Gasteiger partial charge is 0.247 e. The zero-order chi connectivity index (χ0) is 16.4. The van der Waals surface area contributed by atoms with E-state index in [1.54, 1.807) is 11.0 Å². The molecule has 124 valence electrons. The van der Waals surface area contributed by atoms with Crippen molar-refractivity contribution in [3.05, 3.63) is 36.3 Å². The lowest BCUT2D eigenvalue weighted by Crippen LogP contribution is -2.43. The Labute approximate surface area is 136 Å². The van der Waals surface area contributed by atoms with E-state index in [2.05, 4.69) is 23.9 Å². The van der Waals surface area contributed by atoms with E-state index in [4.69, 9.17) is 4.42 Å². The average Bonchev–Trinajstić information content (AvgIpc) is 3.24. The predicted octanol–water partition coefficient (Wildman–Crippen LogP) is 2.99. The molecular weight excluding hydrogens is 292 g/mol. The van der Waals surface area contributed by atoms with Crippen LogP contribution < -0.4 is 0 Å². The Balaban J connectivity index is 1.84. The number of nitrogens with zero attached hydrogens (tertiary/aromatic N) is 4. The molecule has 2 aromatic heterocycles. The number of hydrogen-bond donors (Lipinski definition) is 0. The minimum absolute atomic E-state index is 0.0116. The summed E-state index contributed by atoms with van der Waals surface area (Å²) < 4.78 is 7.55. The molecule has 0 aliphatic carbocycles. The van der Waals surface area contributed by atoms with Crippen molar-refractivity contribution in [1.29, 1.82) is 0 Å². The summed E-state index contributed by atoms with van der Waals surface area (Å²) in [4.78, 5) is 18.8. The number of carbonyl (C=O) groups is 1. The highest BCUT2D eigenvalue weighted by Crippen LogP contribution is 2.36. The van der Waals surface area contributed by atoms with Gasteiger partial charge >= 0.3 is 0 Å². The lowest BCUT2D eigenvalue weighted by Gasteiger charge is -2.38. The summed E-state index contributed by atoms with van der Waals surface area (Å²) >= 11 is 0. The van der Waals surface area contributed by atoms with Crippen LogP contribution in [-0.2, 0) is 11.2 Å². The van der Waals surface area contributed by atoms with Gasteiger partial charge in [0, 0.05) is 13.0 Å². The van der Waals surface area contributed by atoms with Gasteiger partial charge in [-0.1, -0.05) is 13.8 Å². The highest BCUT2D eigenvalue weighted by Gasteiger charge is 2.35. The van der Waals surface area contributed by atoms with Crippen LogP contribution in [0.5, 0.6) is 0 Å². The van der Waals surface area contributed by atoms with Crippen LogP contribution in [0.15, 0.2) is 29.2 Å². The summed E-state index contributed by atoms with van der Waals surface area (Å²) in [7, 11) is 0. The summed E-state index contributed by atoms with van der Waals surface area (Å²) in [6.07, 6.45) is 5.87. The molecule has 6 nitrogen and oxygen atoms in total. The van der Waals surface area contributed by atoms with Crippen LogP contribution in [0.3, 0.4) is 0 Å². The van der Waals surface area contributed by atoms with E-state index in [1.165, 1.54) is 6.33 Å². The van der Waals surface area contributed by atoms with Gasteiger partial charge < -0.3 is 9.32 Å². The molecule has 3 rings (SSSR count). The first-order chi connectivity index (χ1) is 11.1. The summed E-state index contributed by atoms with van der Waals surface area (Å²) in [6, 6.07) is 3.69. The van der Waals surface area contributed by atoms with Crippen LogP contribution in [0, 0.1) is 5.92 Å². The first-order valence-electron chi connectivity index (χ1n) is 8.33. The fourth-order valence-electron chi connectivity index (χ4n) is 3.21. The van der Waals surface area contributed by atoms with Crippen molar-refractivity contribution in [3.8, 4) is 0 Å². The third-order valence-electron chi connectivity index (χ3n) is 4.70. The molecule has 3 heterocycles. The number of rotatable bonds is 4. The zero-order valence-electron chi connectivity index (χ0n) is 14.0. The third-order valence-corrected chi connectivity index (χ3v) is 4.70. The molecule has 1 amide bonds. The SMILES string of the molecule is CCc1ccc(C2CC(C)CCN2C(=O)C(C)n2cncn2)o1. The van der Waals surface area contributed by atoms with Crippen LogP contribution in [0.1, 0.15) is 57.2 Å². The Hall–Kier alpha value is -2.11. The minimum atomic E-state index is -0.353. The monoisotopic (exact) mass is 316 g/mol. The van der Waals surface area contributed by atoms with Crippen molar-refractivity contribution in [1.82, 2.24) is 19.7 Å². The van der Waals surface area contributed by atoms with E-state index in [-0.39, 0.29) is 18.0 Å². The molecule has 0 bridgehead atoms. The van der Waals surface area contributed by atoms with Gasteiger partial charge in [0.1, 0.15) is 30.2 Å². The fraction of sp³-hybridized carbons (Fsp3) is 0.588. The maximum absolute atomic E-state index is 13.0. The number of furan rings is 1. The van der Waals surface area contributed by atoms with Gasteiger partial charge in [-0.05, 0) is 37.8 Å². The van der Waals surface area contributed by atoms with Gasteiger partial charge in [-0.25, -0.2) is 9.67 Å². The number of likely N-dealkylation sites (tertiary alicyclic amines) is 1. The molecule has 0 saturated carbocycles. The van der Waals surface area contributed by atoms with Crippen LogP contribution >= 0.6 is 0 Å². The molecule has 3 atom stereocenters. The molecule has 0 spiro atoms. The van der Waals surface area contributed by atoms with E-state index in [9.17, 15) is 4.79 Å². The normalized spacial score (nSPS) is 23.0. The van der Waals surface area contributed by atoms with Gasteiger partial charge in [0.05, 0.1) is 6.04 Å². The second-order valence-corrected chi connectivity index (χ2v) is 6.39. The quantitative estimate of drug-likeness (QED) is 0.870. The number of amides is 1. The molecule has 0 radical (unpaired) electrons. The molecule has 6 heteroatoms. The first-order valence-corrected chi connectivity index (χ1v) is 8.33. The fourth-order valence-corrected chi connectivity index (χ4v) is 3.21. The van der Waals surface area contributed by atoms with Crippen LogP contribution in [0.4, 0.5) is 0 Å². The van der Waals surface area contributed by atoms with E-state index < -0.39 is 0 Å². The van der Waals surface area contributed by atoms with Crippen molar-refractivity contribution in [2.75, 3.05) is 6.54 Å². The van der Waals surface area contributed by atoms with Gasteiger partial charge in [-0.3, -0.25) is 4.79 Å². The van der Waals surface area contributed by atoms with Crippen LogP contribution in [-0.4, -0.2) is 32.1 Å². The lowest BCUT2D eigenvalue weighted by atomic mass is 9.90. The molecule has 0 aromatic carbocycles. The second kappa shape index (κ2) is 6.56. The molecule has 2 aromatic rings. The Morgan fingerprint density at radius 3 is 2.96 bits per heavy atom. The molecule has 0 N–H and O–H groups in total. The molecular formula is C17H24N4O2. The molecule has 1 fully saturated rings. The zero-order valence-corrected chi connectivity index (χ0v) is 14.0. The van der Waals surface area contributed by atoms with E-state index in [0.717, 1.165) is 37.3 Å². The Morgan fingerprint density at radius 2 is 2.30 bits per heavy atom. The number of hydrogen-bond acceptors (Lipinski definition) is 4. The molecule has 1 saturated heterocycles. The van der Waals surface area contributed by atoms with E-state index in [0.29, 0.717) is 5.92 Å². The standard InChI is InChI=1S/C17H24N4O2/c1-4-14-5-6-16(23-14)15-9-12(2)7-8-20(15)17(22)13(3)21-11-18-10-19-21/h5-6,10-13,15H,4,7-9H2,1-3H3. The largest absolute Gasteiger partial charge is 0.464 e. The highest BCUT2D eigenvalue weighted by molar-refractivity contribution is 5.80. The molecule has 1 aliphatic rings. The lowest BCUT2D eigenvalue weighted by molar-refractivity contribution is -0.139. The van der Waals surface area contributed by atoms with Crippen molar-refractivity contribution in [3.63, 3.8) is 0 Å². The first kappa shape index (κ1) is 15.8.